The molecular formula is C25H26N2O9S. The Morgan fingerprint density at radius 2 is 1.57 bits per heavy atom. The standard InChI is InChI=1S/C25H26N2O9S/c1-37(34,35)27-21-13-17(5-9-22(21)28)23(29)14-26-10-11-36-18-6-2-15(3-7-18)16-4-8-19(24(30)31)20(12-16)25(32)33/h2-9,12-13,23,26-29H,10-11,14H2,1H3,(H,30,31)(H,32,33)/t23-/m1/s1. The molecule has 0 saturated heterocycles. The van der Waals surface area contributed by atoms with Crippen molar-refractivity contribution in [3.8, 4) is 22.6 Å². The molecule has 3 aromatic carbocycles. The fourth-order valence-corrected chi connectivity index (χ4v) is 4.03. The number of aromatic hydroxyl groups is 1. The number of benzene rings is 3. The summed E-state index contributed by atoms with van der Waals surface area (Å²) in [5, 5.41) is 41.6. The van der Waals surface area contributed by atoms with Crippen LogP contribution in [0, 0.1) is 0 Å². The highest BCUT2D eigenvalue weighted by Gasteiger charge is 2.17. The molecule has 6 N–H and O–H groups in total. The van der Waals surface area contributed by atoms with Crippen LogP contribution in [-0.4, -0.2) is 66.7 Å². The van der Waals surface area contributed by atoms with Crippen molar-refractivity contribution >= 4 is 27.6 Å². The zero-order valence-corrected chi connectivity index (χ0v) is 20.5. The molecule has 0 aliphatic heterocycles. The van der Waals surface area contributed by atoms with Gasteiger partial charge >= 0.3 is 11.9 Å². The molecule has 3 aromatic rings. The number of aromatic carboxylic acids is 2. The van der Waals surface area contributed by atoms with Crippen LogP contribution in [0.15, 0.2) is 60.7 Å². The number of rotatable bonds is 12. The molecule has 0 aliphatic carbocycles. The van der Waals surface area contributed by atoms with E-state index in [9.17, 15) is 33.3 Å². The number of aliphatic hydroxyl groups excluding tert-OH is 1. The Morgan fingerprint density at radius 1 is 0.919 bits per heavy atom. The lowest BCUT2D eigenvalue weighted by Gasteiger charge is -2.15. The number of carboxylic acids is 2. The molecule has 1 atom stereocenters. The van der Waals surface area contributed by atoms with Gasteiger partial charge in [0.1, 0.15) is 18.1 Å². The van der Waals surface area contributed by atoms with Crippen LogP contribution >= 0.6 is 0 Å². The van der Waals surface area contributed by atoms with Crippen molar-refractivity contribution in [2.45, 2.75) is 6.10 Å². The number of anilines is 1. The van der Waals surface area contributed by atoms with Gasteiger partial charge in [-0.2, -0.15) is 0 Å². The molecular weight excluding hydrogens is 504 g/mol. The number of carbonyl (C=O) groups is 2. The van der Waals surface area contributed by atoms with Crippen molar-refractivity contribution in [3.63, 3.8) is 0 Å². The van der Waals surface area contributed by atoms with Gasteiger partial charge in [-0.05, 0) is 53.1 Å². The normalized spacial score (nSPS) is 12.1. The van der Waals surface area contributed by atoms with Gasteiger partial charge in [0, 0.05) is 13.1 Å². The predicted octanol–water partition coefficient (Wildman–Crippen LogP) is 2.53. The van der Waals surface area contributed by atoms with Crippen molar-refractivity contribution < 1.29 is 43.2 Å². The summed E-state index contributed by atoms with van der Waals surface area (Å²) in [7, 11) is -3.59. The molecule has 196 valence electrons. The molecule has 0 amide bonds. The number of hydrogen-bond donors (Lipinski definition) is 6. The van der Waals surface area contributed by atoms with E-state index >= 15 is 0 Å². The molecule has 0 unspecified atom stereocenters. The molecule has 12 heteroatoms. The Bertz CT molecular complexity index is 1390. The second-order valence-corrected chi connectivity index (χ2v) is 9.86. The van der Waals surface area contributed by atoms with Gasteiger partial charge in [0.25, 0.3) is 0 Å². The van der Waals surface area contributed by atoms with E-state index in [0.717, 1.165) is 6.26 Å². The van der Waals surface area contributed by atoms with Crippen molar-refractivity contribution in [1.82, 2.24) is 5.32 Å². The largest absolute Gasteiger partial charge is 0.506 e. The third kappa shape index (κ3) is 7.67. The maximum Gasteiger partial charge on any atom is 0.336 e. The molecule has 37 heavy (non-hydrogen) atoms. The van der Waals surface area contributed by atoms with Crippen LogP contribution in [0.2, 0.25) is 0 Å². The molecule has 0 heterocycles. The lowest BCUT2D eigenvalue weighted by Crippen LogP contribution is -2.26. The molecule has 0 radical (unpaired) electrons. The highest BCUT2D eigenvalue weighted by atomic mass is 32.2. The molecule has 0 bridgehead atoms. The lowest BCUT2D eigenvalue weighted by atomic mass is 9.99. The van der Waals surface area contributed by atoms with Crippen molar-refractivity contribution in [3.05, 3.63) is 77.4 Å². The summed E-state index contributed by atoms with van der Waals surface area (Å²) in [5.41, 5.74) is 1.04. The van der Waals surface area contributed by atoms with Gasteiger partial charge in [-0.15, -0.1) is 0 Å². The number of phenols is 1. The average Bonchev–Trinajstić information content (AvgIpc) is 2.84. The minimum Gasteiger partial charge on any atom is -0.506 e. The highest BCUT2D eigenvalue weighted by molar-refractivity contribution is 7.92. The van der Waals surface area contributed by atoms with E-state index in [-0.39, 0.29) is 35.7 Å². The van der Waals surface area contributed by atoms with Gasteiger partial charge in [0.15, 0.2) is 0 Å². The molecule has 3 rings (SSSR count). The molecule has 0 saturated carbocycles. The number of carboxylic acid groups (broad SMARTS) is 2. The second kappa shape index (κ2) is 11.7. The van der Waals surface area contributed by atoms with Crippen LogP contribution in [0.5, 0.6) is 11.5 Å². The van der Waals surface area contributed by atoms with Gasteiger partial charge in [-0.1, -0.05) is 24.3 Å². The summed E-state index contributed by atoms with van der Waals surface area (Å²) in [4.78, 5) is 22.6. The third-order valence-corrected chi connectivity index (χ3v) is 5.84. The van der Waals surface area contributed by atoms with E-state index < -0.39 is 28.1 Å². The molecule has 11 nitrogen and oxygen atoms in total. The zero-order chi connectivity index (χ0) is 27.2. The molecule has 0 fully saturated rings. The first kappa shape index (κ1) is 27.5. The second-order valence-electron chi connectivity index (χ2n) is 8.11. The van der Waals surface area contributed by atoms with Crippen molar-refractivity contribution in [2.75, 3.05) is 30.7 Å². The zero-order valence-electron chi connectivity index (χ0n) is 19.7. The molecule has 0 spiro atoms. The molecule has 0 aliphatic rings. The summed E-state index contributed by atoms with van der Waals surface area (Å²) < 4.78 is 30.7. The minimum atomic E-state index is -3.59. The van der Waals surface area contributed by atoms with E-state index in [2.05, 4.69) is 10.0 Å². The number of ether oxygens (including phenoxy) is 1. The Kier molecular flexibility index (Phi) is 8.71. The first-order chi connectivity index (χ1) is 17.4. The van der Waals surface area contributed by atoms with Crippen LogP contribution in [0.3, 0.4) is 0 Å². The van der Waals surface area contributed by atoms with Crippen LogP contribution in [0.25, 0.3) is 11.1 Å². The monoisotopic (exact) mass is 530 g/mol. The van der Waals surface area contributed by atoms with Crippen LogP contribution < -0.4 is 14.8 Å². The Balaban J connectivity index is 1.51. The smallest absolute Gasteiger partial charge is 0.336 e. The Labute approximate surface area is 213 Å². The van der Waals surface area contributed by atoms with E-state index in [1.807, 2.05) is 0 Å². The number of aliphatic hydroxyl groups is 1. The number of nitrogens with one attached hydrogen (secondary N) is 2. The van der Waals surface area contributed by atoms with Gasteiger partial charge in [0.2, 0.25) is 10.0 Å². The van der Waals surface area contributed by atoms with E-state index in [1.165, 1.54) is 36.4 Å². The first-order valence-electron chi connectivity index (χ1n) is 11.0. The van der Waals surface area contributed by atoms with Crippen molar-refractivity contribution in [2.24, 2.45) is 0 Å². The summed E-state index contributed by atoms with van der Waals surface area (Å²) in [6.45, 7) is 0.826. The summed E-state index contributed by atoms with van der Waals surface area (Å²) >= 11 is 0. The van der Waals surface area contributed by atoms with Crippen LogP contribution in [0.1, 0.15) is 32.4 Å². The van der Waals surface area contributed by atoms with Crippen LogP contribution in [0.4, 0.5) is 5.69 Å². The van der Waals surface area contributed by atoms with Crippen molar-refractivity contribution in [1.29, 1.82) is 0 Å². The van der Waals surface area contributed by atoms with E-state index in [0.29, 0.717) is 29.0 Å². The van der Waals surface area contributed by atoms with Gasteiger partial charge in [-0.25, -0.2) is 18.0 Å². The Hall–Kier alpha value is -4.13. The van der Waals surface area contributed by atoms with Gasteiger partial charge in [-0.3, -0.25) is 4.72 Å². The quantitative estimate of drug-likeness (QED) is 0.150. The topological polar surface area (TPSA) is 182 Å². The maximum absolute atomic E-state index is 11.4. The average molecular weight is 531 g/mol. The summed E-state index contributed by atoms with van der Waals surface area (Å²) in [5.74, 6) is -2.34. The number of sulfonamides is 1. The SMILES string of the molecule is CS(=O)(=O)Nc1cc([C@H](O)CNCCOc2ccc(-c3ccc(C(=O)O)c(C(=O)O)c3)cc2)ccc1O. The summed E-state index contributed by atoms with van der Waals surface area (Å²) in [6, 6.07) is 15.1. The highest BCUT2D eigenvalue weighted by Crippen LogP contribution is 2.28. The summed E-state index contributed by atoms with van der Waals surface area (Å²) in [6.07, 6.45) is 0.00134. The van der Waals surface area contributed by atoms with Gasteiger partial charge < -0.3 is 30.5 Å². The maximum atomic E-state index is 11.4. The fraction of sp³-hybridized carbons (Fsp3) is 0.200. The van der Waals surface area contributed by atoms with Gasteiger partial charge in [0.05, 0.1) is 29.2 Å². The number of phenolic OH excluding ortho intramolecular Hbond substituents is 1. The lowest BCUT2D eigenvalue weighted by molar-refractivity contribution is 0.0651. The predicted molar refractivity (Wildman–Crippen MR) is 136 cm³/mol. The third-order valence-electron chi connectivity index (χ3n) is 5.25. The van der Waals surface area contributed by atoms with E-state index in [4.69, 9.17) is 9.84 Å². The van der Waals surface area contributed by atoms with E-state index in [1.54, 1.807) is 24.3 Å². The Morgan fingerprint density at radius 3 is 2.19 bits per heavy atom. The molecule has 0 aromatic heterocycles. The van der Waals surface area contributed by atoms with Crippen LogP contribution in [-0.2, 0) is 10.0 Å². The fourth-order valence-electron chi connectivity index (χ4n) is 3.47. The minimum absolute atomic E-state index is 0.0251. The first-order valence-corrected chi connectivity index (χ1v) is 12.9. The number of hydrogen-bond acceptors (Lipinski definition) is 8.